The average Bonchev–Trinajstić information content (AvgIpc) is 2.89. The van der Waals surface area contributed by atoms with Crippen LogP contribution in [0.3, 0.4) is 0 Å². The van der Waals surface area contributed by atoms with Crippen molar-refractivity contribution >= 4 is 47.2 Å². The molecule has 0 radical (unpaired) electrons. The number of phenols is 1. The van der Waals surface area contributed by atoms with Gasteiger partial charge in [-0.2, -0.15) is 23.5 Å². The first-order valence-corrected chi connectivity index (χ1v) is 15.3. The maximum absolute atomic E-state index is 13.2. The van der Waals surface area contributed by atoms with Crippen LogP contribution in [-0.2, 0) is 25.6 Å². The largest absolute Gasteiger partial charge is 0.508 e. The Balaban J connectivity index is 2.93. The van der Waals surface area contributed by atoms with E-state index in [0.29, 0.717) is 42.9 Å². The first-order valence-electron chi connectivity index (χ1n) is 12.5. The molecule has 1 aromatic carbocycles. The smallest absolute Gasteiger partial charge is 0.326 e. The Morgan fingerprint density at radius 2 is 1.32 bits per heavy atom. The Labute approximate surface area is 232 Å². The molecule has 0 aromatic heterocycles. The molecule has 4 unspecified atom stereocenters. The maximum Gasteiger partial charge on any atom is 0.326 e. The highest BCUT2D eigenvalue weighted by molar-refractivity contribution is 7.98. The fourth-order valence-electron chi connectivity index (χ4n) is 3.54. The first kappa shape index (κ1) is 33.5. The van der Waals surface area contributed by atoms with Gasteiger partial charge in [0, 0.05) is 6.42 Å². The highest BCUT2D eigenvalue weighted by atomic mass is 32.2. The third kappa shape index (κ3) is 12.9. The zero-order chi connectivity index (χ0) is 28.5. The van der Waals surface area contributed by atoms with E-state index in [4.69, 9.17) is 11.5 Å². The summed E-state index contributed by atoms with van der Waals surface area (Å²) in [6, 6.07) is 2.11. The standard InChI is InChI=1S/C25H41N5O6S2/c1-37-13-10-19(28-22(32)18(27)5-3-4-12-26)23(33)29-20(11-14-38-2)24(34)30-21(25(35)36)15-16-6-8-17(31)9-7-16/h6-9,18-21,31H,3-5,10-15,26-27H2,1-2H3,(H,28,32)(H,29,33)(H,30,34)(H,35,36). The predicted octanol–water partition coefficient (Wildman–Crippen LogP) is 0.436. The van der Waals surface area contributed by atoms with Crippen LogP contribution in [0.15, 0.2) is 24.3 Å². The van der Waals surface area contributed by atoms with E-state index >= 15 is 0 Å². The van der Waals surface area contributed by atoms with Gasteiger partial charge in [0.2, 0.25) is 17.7 Å². The molecule has 3 amide bonds. The summed E-state index contributed by atoms with van der Waals surface area (Å²) in [5.74, 6) is -1.66. The summed E-state index contributed by atoms with van der Waals surface area (Å²) < 4.78 is 0. The highest BCUT2D eigenvalue weighted by Crippen LogP contribution is 2.12. The summed E-state index contributed by atoms with van der Waals surface area (Å²) in [5, 5.41) is 27.0. The van der Waals surface area contributed by atoms with E-state index in [-0.39, 0.29) is 18.6 Å². The lowest BCUT2D eigenvalue weighted by atomic mass is 10.0. The number of nitrogens with two attached hydrogens (primary N) is 2. The van der Waals surface area contributed by atoms with E-state index in [0.717, 1.165) is 6.42 Å². The summed E-state index contributed by atoms with van der Waals surface area (Å²) in [7, 11) is 0. The van der Waals surface area contributed by atoms with Crippen molar-refractivity contribution < 1.29 is 29.4 Å². The zero-order valence-electron chi connectivity index (χ0n) is 22.0. The van der Waals surface area contributed by atoms with Crippen molar-refractivity contribution in [1.82, 2.24) is 16.0 Å². The molecule has 0 aliphatic carbocycles. The molecule has 11 nitrogen and oxygen atoms in total. The molecule has 0 saturated carbocycles. The van der Waals surface area contributed by atoms with Gasteiger partial charge in [-0.3, -0.25) is 14.4 Å². The van der Waals surface area contributed by atoms with E-state index in [2.05, 4.69) is 16.0 Å². The van der Waals surface area contributed by atoms with Crippen LogP contribution in [0.1, 0.15) is 37.7 Å². The number of rotatable bonds is 19. The molecule has 9 N–H and O–H groups in total. The molecular weight excluding hydrogens is 530 g/mol. The van der Waals surface area contributed by atoms with E-state index in [9.17, 15) is 29.4 Å². The predicted molar refractivity (Wildman–Crippen MR) is 152 cm³/mol. The molecule has 214 valence electrons. The molecule has 4 atom stereocenters. The molecule has 1 aromatic rings. The molecule has 0 saturated heterocycles. The van der Waals surface area contributed by atoms with Gasteiger partial charge in [0.15, 0.2) is 0 Å². The number of hydrogen-bond acceptors (Lipinski definition) is 9. The third-order valence-corrected chi connectivity index (χ3v) is 7.07. The number of carboxylic acids is 1. The molecule has 1 rings (SSSR count). The number of aromatic hydroxyl groups is 1. The van der Waals surface area contributed by atoms with Crippen molar-refractivity contribution in [1.29, 1.82) is 0 Å². The summed E-state index contributed by atoms with van der Waals surface area (Å²) >= 11 is 2.99. The van der Waals surface area contributed by atoms with E-state index in [1.54, 1.807) is 12.1 Å². The number of hydrogen-bond donors (Lipinski definition) is 7. The second-order valence-corrected chi connectivity index (χ2v) is 10.8. The van der Waals surface area contributed by atoms with Gasteiger partial charge in [-0.05, 0) is 73.9 Å². The Hall–Kier alpha value is -2.48. The van der Waals surface area contributed by atoms with E-state index < -0.39 is 47.9 Å². The molecule has 0 aliphatic heterocycles. The minimum Gasteiger partial charge on any atom is -0.508 e. The van der Waals surface area contributed by atoms with E-state index in [1.807, 2.05) is 12.5 Å². The van der Waals surface area contributed by atoms with Gasteiger partial charge in [0.05, 0.1) is 6.04 Å². The van der Waals surface area contributed by atoms with Gasteiger partial charge in [-0.25, -0.2) is 4.79 Å². The quantitative estimate of drug-likeness (QED) is 0.114. The lowest BCUT2D eigenvalue weighted by Gasteiger charge is -2.25. The van der Waals surface area contributed by atoms with Gasteiger partial charge in [0.1, 0.15) is 23.9 Å². The van der Waals surface area contributed by atoms with Crippen LogP contribution in [0.25, 0.3) is 0 Å². The number of phenolic OH excluding ortho intramolecular Hbond substituents is 1. The summed E-state index contributed by atoms with van der Waals surface area (Å²) in [5.41, 5.74) is 12.1. The Kier molecular flexibility index (Phi) is 16.5. The zero-order valence-corrected chi connectivity index (χ0v) is 23.6. The van der Waals surface area contributed by atoms with Crippen molar-refractivity contribution in [2.24, 2.45) is 11.5 Å². The second-order valence-electron chi connectivity index (χ2n) is 8.85. The number of aliphatic carboxylic acids is 1. The Bertz CT molecular complexity index is 889. The number of thioether (sulfide) groups is 2. The summed E-state index contributed by atoms with van der Waals surface area (Å²) in [6.07, 6.45) is 6.22. The normalized spacial score (nSPS) is 14.1. The van der Waals surface area contributed by atoms with Gasteiger partial charge >= 0.3 is 5.97 Å². The minimum atomic E-state index is -1.24. The number of benzene rings is 1. The Morgan fingerprint density at radius 3 is 1.79 bits per heavy atom. The number of carboxylic acid groups (broad SMARTS) is 1. The molecule has 0 heterocycles. The van der Waals surface area contributed by atoms with Crippen LogP contribution in [-0.4, -0.2) is 88.6 Å². The maximum atomic E-state index is 13.2. The molecule has 13 heteroatoms. The van der Waals surface area contributed by atoms with E-state index in [1.165, 1.54) is 35.7 Å². The summed E-state index contributed by atoms with van der Waals surface area (Å²) in [6.45, 7) is 0.504. The number of unbranched alkanes of at least 4 members (excludes halogenated alkanes) is 1. The van der Waals surface area contributed by atoms with Crippen LogP contribution < -0.4 is 27.4 Å². The Morgan fingerprint density at radius 1 is 0.816 bits per heavy atom. The molecule has 38 heavy (non-hydrogen) atoms. The van der Waals surface area contributed by atoms with Crippen LogP contribution in [0.5, 0.6) is 5.75 Å². The molecule has 0 spiro atoms. The van der Waals surface area contributed by atoms with Crippen LogP contribution in [0.4, 0.5) is 0 Å². The summed E-state index contributed by atoms with van der Waals surface area (Å²) in [4.78, 5) is 50.7. The van der Waals surface area contributed by atoms with Gasteiger partial charge in [-0.1, -0.05) is 18.6 Å². The molecule has 0 fully saturated rings. The van der Waals surface area contributed by atoms with Crippen molar-refractivity contribution in [3.8, 4) is 5.75 Å². The number of carbonyl (C=O) groups is 4. The van der Waals surface area contributed by atoms with Crippen LogP contribution in [0, 0.1) is 0 Å². The van der Waals surface area contributed by atoms with Gasteiger partial charge in [0.25, 0.3) is 0 Å². The van der Waals surface area contributed by atoms with Gasteiger partial charge in [-0.15, -0.1) is 0 Å². The van der Waals surface area contributed by atoms with Crippen molar-refractivity contribution in [2.45, 2.75) is 62.7 Å². The first-order chi connectivity index (χ1) is 18.1. The van der Waals surface area contributed by atoms with Gasteiger partial charge < -0.3 is 37.6 Å². The molecule has 0 bridgehead atoms. The third-order valence-electron chi connectivity index (χ3n) is 5.78. The highest BCUT2D eigenvalue weighted by Gasteiger charge is 2.30. The van der Waals surface area contributed by atoms with Crippen molar-refractivity contribution in [3.05, 3.63) is 29.8 Å². The fourth-order valence-corrected chi connectivity index (χ4v) is 4.48. The monoisotopic (exact) mass is 571 g/mol. The lowest BCUT2D eigenvalue weighted by Crippen LogP contribution is -2.57. The van der Waals surface area contributed by atoms with Crippen LogP contribution in [0.2, 0.25) is 0 Å². The average molecular weight is 572 g/mol. The number of nitrogens with one attached hydrogen (secondary N) is 3. The number of amides is 3. The topological polar surface area (TPSA) is 197 Å². The fraction of sp³-hybridized carbons (Fsp3) is 0.600. The SMILES string of the molecule is CSCCC(NC(=O)C(N)CCCCN)C(=O)NC(CCSC)C(=O)NC(Cc1ccc(O)cc1)C(=O)O. The van der Waals surface area contributed by atoms with Crippen molar-refractivity contribution in [3.63, 3.8) is 0 Å². The van der Waals surface area contributed by atoms with Crippen LogP contribution >= 0.6 is 23.5 Å². The second kappa shape index (κ2) is 18.7. The minimum absolute atomic E-state index is 0.000994. The number of carbonyl (C=O) groups excluding carboxylic acids is 3. The molecule has 0 aliphatic rings. The van der Waals surface area contributed by atoms with Crippen molar-refractivity contribution in [2.75, 3.05) is 30.6 Å². The molecular formula is C25H41N5O6S2. The lowest BCUT2D eigenvalue weighted by molar-refractivity contribution is -0.142.